The second-order valence-corrected chi connectivity index (χ2v) is 8.33. The van der Waals surface area contributed by atoms with E-state index < -0.39 is 17.5 Å². The van der Waals surface area contributed by atoms with Crippen LogP contribution in [-0.2, 0) is 11.8 Å². The SMILES string of the molecule is COC1CNCCN(c2c(NC(=O)c3nc(-c4c(F)cccc4F)sc3N)cnn2C)C1. The van der Waals surface area contributed by atoms with Gasteiger partial charge in [0.1, 0.15) is 27.3 Å². The number of amides is 1. The number of nitrogen functional groups attached to an aromatic ring is 1. The van der Waals surface area contributed by atoms with E-state index in [1.165, 1.54) is 12.3 Å². The van der Waals surface area contributed by atoms with E-state index in [1.807, 2.05) is 0 Å². The average Bonchev–Trinajstić information content (AvgIpc) is 3.21. The number of aryl methyl sites for hydroxylation is 1. The quantitative estimate of drug-likeness (QED) is 0.531. The van der Waals surface area contributed by atoms with Crippen LogP contribution >= 0.6 is 11.3 Å². The van der Waals surface area contributed by atoms with Crippen molar-refractivity contribution in [2.75, 3.05) is 49.2 Å². The van der Waals surface area contributed by atoms with Gasteiger partial charge in [-0.3, -0.25) is 9.48 Å². The molecule has 0 spiro atoms. The molecular formula is C20H23F2N7O2S. The summed E-state index contributed by atoms with van der Waals surface area (Å²) in [6.07, 6.45) is 1.51. The number of halogens is 2. The monoisotopic (exact) mass is 463 g/mol. The molecule has 1 aliphatic heterocycles. The molecular weight excluding hydrogens is 440 g/mol. The van der Waals surface area contributed by atoms with E-state index >= 15 is 0 Å². The van der Waals surface area contributed by atoms with Crippen molar-refractivity contribution in [3.05, 3.63) is 41.7 Å². The lowest BCUT2D eigenvalue weighted by Gasteiger charge is -2.26. The lowest BCUT2D eigenvalue weighted by molar-refractivity contribution is 0.102. The fraction of sp³-hybridized carbons (Fsp3) is 0.350. The topological polar surface area (TPSA) is 110 Å². The number of ether oxygens (including phenoxy) is 1. The summed E-state index contributed by atoms with van der Waals surface area (Å²) >= 11 is 0.848. The summed E-state index contributed by atoms with van der Waals surface area (Å²) in [5, 5.41) is 10.4. The molecule has 3 aromatic rings. The lowest BCUT2D eigenvalue weighted by atomic mass is 10.2. The first-order valence-electron chi connectivity index (χ1n) is 9.91. The highest BCUT2D eigenvalue weighted by Crippen LogP contribution is 2.34. The van der Waals surface area contributed by atoms with Gasteiger partial charge >= 0.3 is 0 Å². The Morgan fingerprint density at radius 3 is 2.84 bits per heavy atom. The largest absolute Gasteiger partial charge is 0.389 e. The van der Waals surface area contributed by atoms with Gasteiger partial charge in [0.25, 0.3) is 5.91 Å². The van der Waals surface area contributed by atoms with Crippen LogP contribution in [0.4, 0.5) is 25.3 Å². The molecule has 2 aromatic heterocycles. The predicted molar refractivity (Wildman–Crippen MR) is 119 cm³/mol. The van der Waals surface area contributed by atoms with Crippen LogP contribution in [0.5, 0.6) is 0 Å². The minimum Gasteiger partial charge on any atom is -0.389 e. The second kappa shape index (κ2) is 9.18. The van der Waals surface area contributed by atoms with Crippen molar-refractivity contribution >= 4 is 33.8 Å². The Balaban J connectivity index is 1.60. The van der Waals surface area contributed by atoms with Crippen molar-refractivity contribution in [1.29, 1.82) is 0 Å². The molecule has 0 saturated carbocycles. The molecule has 4 rings (SSSR count). The predicted octanol–water partition coefficient (Wildman–Crippen LogP) is 2.08. The summed E-state index contributed by atoms with van der Waals surface area (Å²) in [5.74, 6) is -1.43. The molecule has 1 amide bonds. The van der Waals surface area contributed by atoms with Gasteiger partial charge in [-0.1, -0.05) is 17.4 Å². The van der Waals surface area contributed by atoms with Crippen molar-refractivity contribution in [3.63, 3.8) is 0 Å². The first kappa shape index (κ1) is 22.1. The van der Waals surface area contributed by atoms with Gasteiger partial charge < -0.3 is 26.0 Å². The maximum absolute atomic E-state index is 14.1. The molecule has 12 heteroatoms. The Hall–Kier alpha value is -3.09. The highest BCUT2D eigenvalue weighted by molar-refractivity contribution is 7.19. The molecule has 1 saturated heterocycles. The molecule has 32 heavy (non-hydrogen) atoms. The molecule has 1 aromatic carbocycles. The standard InChI is InChI=1S/C20H23F2N7O2S/c1-28-20(29-7-6-24-8-11(10-29)31-2)14(9-25-28)26-18(30)16-17(23)32-19(27-16)15-12(21)4-3-5-13(15)22/h3-5,9,11,24H,6-8,10,23H2,1-2H3,(H,26,30). The van der Waals surface area contributed by atoms with E-state index in [9.17, 15) is 13.6 Å². The Kier molecular flexibility index (Phi) is 6.35. The van der Waals surface area contributed by atoms with Crippen LogP contribution < -0.4 is 21.3 Å². The van der Waals surface area contributed by atoms with E-state index in [2.05, 4.69) is 25.6 Å². The number of carbonyl (C=O) groups is 1. The maximum atomic E-state index is 14.1. The van der Waals surface area contributed by atoms with Crippen LogP contribution in [0.25, 0.3) is 10.6 Å². The van der Waals surface area contributed by atoms with Crippen molar-refractivity contribution in [2.45, 2.75) is 6.10 Å². The fourth-order valence-electron chi connectivity index (χ4n) is 3.61. The van der Waals surface area contributed by atoms with Crippen molar-refractivity contribution in [2.24, 2.45) is 7.05 Å². The molecule has 3 heterocycles. The zero-order valence-electron chi connectivity index (χ0n) is 17.6. The van der Waals surface area contributed by atoms with E-state index in [0.717, 1.165) is 36.6 Å². The third-order valence-corrected chi connectivity index (χ3v) is 6.09. The number of aromatic nitrogens is 3. The average molecular weight is 464 g/mol. The summed E-state index contributed by atoms with van der Waals surface area (Å²) in [4.78, 5) is 19.1. The number of rotatable bonds is 5. The third-order valence-electron chi connectivity index (χ3n) is 5.19. The van der Waals surface area contributed by atoms with Crippen LogP contribution in [-0.4, -0.2) is 60.1 Å². The minimum atomic E-state index is -0.775. The Labute approximate surface area is 187 Å². The number of thiazole rings is 1. The minimum absolute atomic E-state index is 0.00353. The summed E-state index contributed by atoms with van der Waals surface area (Å²) in [6.45, 7) is 2.77. The van der Waals surface area contributed by atoms with Crippen molar-refractivity contribution in [3.8, 4) is 10.6 Å². The summed E-state index contributed by atoms with van der Waals surface area (Å²) < 4.78 is 35.4. The number of methoxy groups -OCH3 is 1. The molecule has 1 unspecified atom stereocenters. The van der Waals surface area contributed by atoms with Gasteiger partial charge in [0.05, 0.1) is 17.9 Å². The smallest absolute Gasteiger partial charge is 0.277 e. The van der Waals surface area contributed by atoms with Gasteiger partial charge in [0.2, 0.25) is 0 Å². The molecule has 1 fully saturated rings. The summed E-state index contributed by atoms with van der Waals surface area (Å²) in [5.41, 5.74) is 6.03. The van der Waals surface area contributed by atoms with Crippen LogP contribution in [0, 0.1) is 11.6 Å². The van der Waals surface area contributed by atoms with Gasteiger partial charge in [-0.05, 0) is 12.1 Å². The number of benzene rings is 1. The van der Waals surface area contributed by atoms with Gasteiger partial charge in [0, 0.05) is 40.3 Å². The Bertz CT molecular complexity index is 1110. The number of anilines is 3. The zero-order chi connectivity index (χ0) is 22.8. The molecule has 0 aliphatic carbocycles. The molecule has 1 atom stereocenters. The highest BCUT2D eigenvalue weighted by Gasteiger charge is 2.26. The number of nitrogens with zero attached hydrogens (tertiary/aromatic N) is 4. The van der Waals surface area contributed by atoms with Crippen LogP contribution in [0.1, 0.15) is 10.5 Å². The van der Waals surface area contributed by atoms with Gasteiger partial charge in [-0.25, -0.2) is 13.8 Å². The number of nitrogens with two attached hydrogens (primary N) is 1. The molecule has 4 N–H and O–H groups in total. The first-order valence-corrected chi connectivity index (χ1v) is 10.7. The van der Waals surface area contributed by atoms with Crippen molar-refractivity contribution < 1.29 is 18.3 Å². The number of nitrogens with one attached hydrogen (secondary N) is 2. The lowest BCUT2D eigenvalue weighted by Crippen LogP contribution is -2.35. The number of carbonyl (C=O) groups excluding carboxylic acids is 1. The molecule has 1 aliphatic rings. The van der Waals surface area contributed by atoms with E-state index in [1.54, 1.807) is 18.8 Å². The number of hydrogen-bond donors (Lipinski definition) is 3. The highest BCUT2D eigenvalue weighted by atomic mass is 32.1. The molecule has 0 bridgehead atoms. The van der Waals surface area contributed by atoms with Gasteiger partial charge in [-0.15, -0.1) is 0 Å². The van der Waals surface area contributed by atoms with Crippen molar-refractivity contribution in [1.82, 2.24) is 20.1 Å². The summed E-state index contributed by atoms with van der Waals surface area (Å²) in [7, 11) is 3.43. The molecule has 9 nitrogen and oxygen atoms in total. The molecule has 170 valence electrons. The Morgan fingerprint density at radius 2 is 2.12 bits per heavy atom. The van der Waals surface area contributed by atoms with E-state index in [0.29, 0.717) is 24.6 Å². The zero-order valence-corrected chi connectivity index (χ0v) is 18.4. The van der Waals surface area contributed by atoms with Crippen LogP contribution in [0.2, 0.25) is 0 Å². The van der Waals surface area contributed by atoms with Gasteiger partial charge in [-0.2, -0.15) is 5.10 Å². The van der Waals surface area contributed by atoms with Crippen LogP contribution in [0.15, 0.2) is 24.4 Å². The normalized spacial score (nSPS) is 16.8. The number of hydrogen-bond acceptors (Lipinski definition) is 8. The Morgan fingerprint density at radius 1 is 1.38 bits per heavy atom. The third kappa shape index (κ3) is 4.29. The maximum Gasteiger partial charge on any atom is 0.277 e. The first-order chi connectivity index (χ1) is 15.4. The molecule has 0 radical (unpaired) electrons. The van der Waals surface area contributed by atoms with Crippen LogP contribution in [0.3, 0.4) is 0 Å². The second-order valence-electron chi connectivity index (χ2n) is 7.30. The van der Waals surface area contributed by atoms with E-state index in [4.69, 9.17) is 10.5 Å². The summed E-state index contributed by atoms with van der Waals surface area (Å²) in [6, 6.07) is 3.51. The van der Waals surface area contributed by atoms with E-state index in [-0.39, 0.29) is 27.4 Å². The fourth-order valence-corrected chi connectivity index (χ4v) is 4.49. The van der Waals surface area contributed by atoms with Gasteiger partial charge in [0.15, 0.2) is 11.5 Å².